The SMILES string of the molecule is CCC(=O)N1CC(c2c(C)c(CC)cc(C(C)n3nc(C)c4c(N)ncnc43)c2OC)C1. The molecule has 4 rings (SSSR count). The van der Waals surface area contributed by atoms with Crippen LogP contribution < -0.4 is 10.5 Å². The summed E-state index contributed by atoms with van der Waals surface area (Å²) in [4.78, 5) is 22.6. The zero-order chi connectivity index (χ0) is 23.2. The molecule has 8 nitrogen and oxygen atoms in total. The third-order valence-corrected chi connectivity index (χ3v) is 6.76. The molecule has 1 atom stereocenters. The van der Waals surface area contributed by atoms with Crippen molar-refractivity contribution >= 4 is 22.8 Å². The van der Waals surface area contributed by atoms with Crippen LogP contribution in [0.25, 0.3) is 11.0 Å². The summed E-state index contributed by atoms with van der Waals surface area (Å²) in [5.74, 6) is 1.79. The Balaban J connectivity index is 1.83. The van der Waals surface area contributed by atoms with E-state index in [9.17, 15) is 4.79 Å². The minimum atomic E-state index is -0.117. The lowest BCUT2D eigenvalue weighted by atomic mass is 9.82. The molecule has 8 heteroatoms. The molecule has 0 bridgehead atoms. The van der Waals surface area contributed by atoms with Crippen LogP contribution in [-0.4, -0.2) is 50.8 Å². The number of nitrogens with two attached hydrogens (primary N) is 1. The van der Waals surface area contributed by atoms with Crippen molar-refractivity contribution in [2.45, 2.75) is 59.4 Å². The van der Waals surface area contributed by atoms with Crippen LogP contribution in [0.3, 0.4) is 0 Å². The Hall–Kier alpha value is -3.16. The van der Waals surface area contributed by atoms with Crippen molar-refractivity contribution in [3.05, 3.63) is 40.3 Å². The van der Waals surface area contributed by atoms with Crippen molar-refractivity contribution in [3.63, 3.8) is 0 Å². The fourth-order valence-corrected chi connectivity index (χ4v) is 4.92. The van der Waals surface area contributed by atoms with Crippen LogP contribution in [-0.2, 0) is 11.2 Å². The highest BCUT2D eigenvalue weighted by molar-refractivity contribution is 5.88. The summed E-state index contributed by atoms with van der Waals surface area (Å²) in [6.45, 7) is 11.7. The van der Waals surface area contributed by atoms with Crippen molar-refractivity contribution in [2.75, 3.05) is 25.9 Å². The molecular weight excluding hydrogens is 404 g/mol. The normalized spacial score (nSPS) is 15.1. The number of ether oxygens (including phenoxy) is 1. The lowest BCUT2D eigenvalue weighted by molar-refractivity contribution is -0.135. The van der Waals surface area contributed by atoms with Crippen LogP contribution in [0.1, 0.15) is 67.1 Å². The Morgan fingerprint density at radius 2 is 2.00 bits per heavy atom. The van der Waals surface area contributed by atoms with Gasteiger partial charge in [0.05, 0.1) is 24.2 Å². The smallest absolute Gasteiger partial charge is 0.222 e. The van der Waals surface area contributed by atoms with Gasteiger partial charge in [0.2, 0.25) is 5.91 Å². The largest absolute Gasteiger partial charge is 0.496 e. The first-order chi connectivity index (χ1) is 15.3. The molecular formula is C24H32N6O2. The second-order valence-electron chi connectivity index (χ2n) is 8.56. The summed E-state index contributed by atoms with van der Waals surface area (Å²) < 4.78 is 7.93. The van der Waals surface area contributed by atoms with E-state index in [4.69, 9.17) is 15.6 Å². The molecule has 32 heavy (non-hydrogen) atoms. The quantitative estimate of drug-likeness (QED) is 0.634. The number of carbonyl (C=O) groups excluding carboxylic acids is 1. The molecule has 0 aliphatic carbocycles. The van der Waals surface area contributed by atoms with E-state index in [1.807, 2.05) is 23.4 Å². The molecule has 0 radical (unpaired) electrons. The standard InChI is InChI=1S/C24H32N6O2/c1-7-16-9-18(15(5)30-24-21(14(4)28-30)23(25)26-12-27-24)22(32-6)20(13(16)3)17-10-29(11-17)19(31)8-2/h9,12,15,17H,7-8,10-11H2,1-6H3,(H2,25,26,27). The zero-order valence-corrected chi connectivity index (χ0v) is 19.8. The number of hydrogen-bond acceptors (Lipinski definition) is 6. The first kappa shape index (κ1) is 22.0. The monoisotopic (exact) mass is 436 g/mol. The van der Waals surface area contributed by atoms with Gasteiger partial charge >= 0.3 is 0 Å². The van der Waals surface area contributed by atoms with Crippen molar-refractivity contribution in [1.82, 2.24) is 24.6 Å². The Kier molecular flexibility index (Phi) is 5.79. The van der Waals surface area contributed by atoms with E-state index in [0.717, 1.165) is 41.9 Å². The lowest BCUT2D eigenvalue weighted by Gasteiger charge is -2.41. The lowest BCUT2D eigenvalue weighted by Crippen LogP contribution is -2.48. The average molecular weight is 437 g/mol. The summed E-state index contributed by atoms with van der Waals surface area (Å²) in [5.41, 5.74) is 12.4. The zero-order valence-electron chi connectivity index (χ0n) is 19.8. The highest BCUT2D eigenvalue weighted by Gasteiger charge is 2.36. The predicted molar refractivity (Wildman–Crippen MR) is 125 cm³/mol. The van der Waals surface area contributed by atoms with Gasteiger partial charge in [-0.25, -0.2) is 14.6 Å². The number of nitrogen functional groups attached to an aromatic ring is 1. The number of anilines is 1. The Bertz CT molecular complexity index is 1180. The van der Waals surface area contributed by atoms with Gasteiger partial charge in [-0.1, -0.05) is 13.8 Å². The molecule has 0 spiro atoms. The number of likely N-dealkylation sites (tertiary alicyclic amines) is 1. The fourth-order valence-electron chi connectivity index (χ4n) is 4.92. The molecule has 1 unspecified atom stereocenters. The van der Waals surface area contributed by atoms with E-state index in [2.05, 4.69) is 36.8 Å². The Morgan fingerprint density at radius 3 is 2.62 bits per heavy atom. The van der Waals surface area contributed by atoms with Crippen molar-refractivity contribution in [1.29, 1.82) is 0 Å². The van der Waals surface area contributed by atoms with Gasteiger partial charge in [-0.2, -0.15) is 5.10 Å². The number of benzene rings is 1. The van der Waals surface area contributed by atoms with Crippen molar-refractivity contribution in [2.24, 2.45) is 0 Å². The number of aromatic nitrogens is 4. The minimum Gasteiger partial charge on any atom is -0.496 e. The first-order valence-electron chi connectivity index (χ1n) is 11.3. The summed E-state index contributed by atoms with van der Waals surface area (Å²) in [6.07, 6.45) is 2.93. The molecule has 2 N–H and O–H groups in total. The van der Waals surface area contributed by atoms with Crippen LogP contribution in [0.5, 0.6) is 5.75 Å². The number of nitrogens with zero attached hydrogens (tertiary/aromatic N) is 5. The van der Waals surface area contributed by atoms with Gasteiger partial charge in [-0.15, -0.1) is 0 Å². The molecule has 3 aromatic rings. The van der Waals surface area contributed by atoms with E-state index in [1.54, 1.807) is 7.11 Å². The molecule has 1 aliphatic heterocycles. The molecule has 1 amide bonds. The molecule has 1 fully saturated rings. The number of carbonyl (C=O) groups is 1. The van der Waals surface area contributed by atoms with E-state index in [-0.39, 0.29) is 17.9 Å². The van der Waals surface area contributed by atoms with Gasteiger partial charge in [0, 0.05) is 36.6 Å². The van der Waals surface area contributed by atoms with Gasteiger partial charge in [-0.05, 0) is 44.4 Å². The average Bonchev–Trinajstić information content (AvgIpc) is 3.10. The van der Waals surface area contributed by atoms with Crippen molar-refractivity contribution < 1.29 is 9.53 Å². The molecule has 1 aromatic carbocycles. The second kappa shape index (κ2) is 8.41. The topological polar surface area (TPSA) is 99.2 Å². The maximum Gasteiger partial charge on any atom is 0.222 e. The predicted octanol–water partition coefficient (Wildman–Crippen LogP) is 3.54. The number of aryl methyl sites for hydroxylation is 2. The Morgan fingerprint density at radius 1 is 1.28 bits per heavy atom. The number of rotatable bonds is 6. The molecule has 0 saturated carbocycles. The highest BCUT2D eigenvalue weighted by Crippen LogP contribution is 2.43. The van der Waals surface area contributed by atoms with Gasteiger partial charge in [0.25, 0.3) is 0 Å². The summed E-state index contributed by atoms with van der Waals surface area (Å²) in [6, 6.07) is 2.11. The Labute approximate surface area is 188 Å². The summed E-state index contributed by atoms with van der Waals surface area (Å²) in [5, 5.41) is 5.55. The second-order valence-corrected chi connectivity index (χ2v) is 8.56. The van der Waals surface area contributed by atoms with Gasteiger partial charge in [0.15, 0.2) is 5.65 Å². The van der Waals surface area contributed by atoms with Crippen molar-refractivity contribution in [3.8, 4) is 5.75 Å². The third-order valence-electron chi connectivity index (χ3n) is 6.76. The van der Waals surface area contributed by atoms with E-state index >= 15 is 0 Å². The first-order valence-corrected chi connectivity index (χ1v) is 11.3. The number of methoxy groups -OCH3 is 1. The van der Waals surface area contributed by atoms with Crippen LogP contribution in [0.2, 0.25) is 0 Å². The molecule has 3 heterocycles. The van der Waals surface area contributed by atoms with Gasteiger partial charge < -0.3 is 15.4 Å². The molecule has 2 aromatic heterocycles. The van der Waals surface area contributed by atoms with Crippen LogP contribution in [0.15, 0.2) is 12.4 Å². The van der Waals surface area contributed by atoms with E-state index in [1.165, 1.54) is 23.0 Å². The van der Waals surface area contributed by atoms with Gasteiger partial charge in [-0.3, -0.25) is 4.79 Å². The van der Waals surface area contributed by atoms with Crippen LogP contribution in [0.4, 0.5) is 5.82 Å². The third kappa shape index (κ3) is 3.38. The maximum atomic E-state index is 12.1. The number of fused-ring (bicyclic) bond motifs is 1. The van der Waals surface area contributed by atoms with Crippen LogP contribution >= 0.6 is 0 Å². The van der Waals surface area contributed by atoms with E-state index in [0.29, 0.717) is 17.9 Å². The molecule has 1 aliphatic rings. The molecule has 1 saturated heterocycles. The molecule has 170 valence electrons. The van der Waals surface area contributed by atoms with E-state index < -0.39 is 0 Å². The van der Waals surface area contributed by atoms with Gasteiger partial charge in [0.1, 0.15) is 17.9 Å². The summed E-state index contributed by atoms with van der Waals surface area (Å²) in [7, 11) is 1.72. The number of amides is 1. The summed E-state index contributed by atoms with van der Waals surface area (Å²) >= 11 is 0. The fraction of sp³-hybridized carbons (Fsp3) is 0.500. The minimum absolute atomic E-state index is 0.117. The van der Waals surface area contributed by atoms with Crippen LogP contribution in [0, 0.1) is 13.8 Å². The number of hydrogen-bond donors (Lipinski definition) is 1. The highest BCUT2D eigenvalue weighted by atomic mass is 16.5. The maximum absolute atomic E-state index is 12.1.